The number of hydrogen-bond donors (Lipinski definition) is 1. The summed E-state index contributed by atoms with van der Waals surface area (Å²) in [6.07, 6.45) is 6.55. The minimum absolute atomic E-state index is 0.0545. The summed E-state index contributed by atoms with van der Waals surface area (Å²) in [5, 5.41) is 10.9. The molecule has 0 radical (unpaired) electrons. The fraction of sp³-hybridized carbons (Fsp3) is 0.810. The zero-order valence-corrected chi connectivity index (χ0v) is 15.7. The van der Waals surface area contributed by atoms with Crippen molar-refractivity contribution < 1.29 is 19.4 Å². The lowest BCUT2D eigenvalue weighted by Gasteiger charge is -2.63. The number of methoxy groups -OCH3 is 1. The van der Waals surface area contributed by atoms with Gasteiger partial charge in [-0.1, -0.05) is 19.9 Å². The van der Waals surface area contributed by atoms with Gasteiger partial charge in [0.2, 0.25) is 0 Å². The number of carbonyl (C=O) groups is 2. The molecule has 2 bridgehead atoms. The molecular weight excluding hydrogens is 316 g/mol. The van der Waals surface area contributed by atoms with Crippen LogP contribution in [0, 0.1) is 28.1 Å². The number of fused-ring (bicyclic) bond motifs is 3. The van der Waals surface area contributed by atoms with Crippen LogP contribution in [0.5, 0.6) is 0 Å². The summed E-state index contributed by atoms with van der Waals surface area (Å²) in [6.45, 7) is 8.32. The highest BCUT2D eigenvalue weighted by Gasteiger charge is 2.71. The van der Waals surface area contributed by atoms with Gasteiger partial charge in [-0.25, -0.2) is 0 Å². The number of rotatable bonds is 1. The molecular formula is C21H30O4. The third-order valence-corrected chi connectivity index (χ3v) is 8.71. The van der Waals surface area contributed by atoms with Crippen LogP contribution in [0.1, 0.15) is 65.2 Å². The fourth-order valence-electron chi connectivity index (χ4n) is 7.60. The van der Waals surface area contributed by atoms with Crippen molar-refractivity contribution in [1.82, 2.24) is 0 Å². The van der Waals surface area contributed by atoms with Gasteiger partial charge in [0.05, 0.1) is 18.1 Å². The van der Waals surface area contributed by atoms with Gasteiger partial charge in [-0.05, 0) is 69.1 Å². The predicted molar refractivity (Wildman–Crippen MR) is 93.7 cm³/mol. The van der Waals surface area contributed by atoms with Crippen molar-refractivity contribution in [2.24, 2.45) is 28.1 Å². The van der Waals surface area contributed by atoms with Crippen LogP contribution in [0.4, 0.5) is 0 Å². The summed E-state index contributed by atoms with van der Waals surface area (Å²) < 4.78 is 5.18. The van der Waals surface area contributed by atoms with E-state index in [-0.39, 0.29) is 29.0 Å². The Hall–Kier alpha value is -1.16. The van der Waals surface area contributed by atoms with Crippen LogP contribution in [0.2, 0.25) is 0 Å². The zero-order valence-electron chi connectivity index (χ0n) is 15.7. The Labute approximate surface area is 150 Å². The maximum Gasteiger partial charge on any atom is 0.311 e. The summed E-state index contributed by atoms with van der Waals surface area (Å²) in [7, 11) is 1.48. The first-order chi connectivity index (χ1) is 11.6. The molecule has 1 spiro atoms. The zero-order chi connectivity index (χ0) is 18.3. The van der Waals surface area contributed by atoms with Gasteiger partial charge in [0.1, 0.15) is 0 Å². The van der Waals surface area contributed by atoms with E-state index in [9.17, 15) is 14.7 Å². The van der Waals surface area contributed by atoms with Gasteiger partial charge in [0.15, 0.2) is 5.78 Å². The van der Waals surface area contributed by atoms with Crippen molar-refractivity contribution in [2.45, 2.75) is 70.8 Å². The summed E-state index contributed by atoms with van der Waals surface area (Å²) in [5.74, 6) is 0.469. The van der Waals surface area contributed by atoms with Crippen molar-refractivity contribution in [2.75, 3.05) is 7.11 Å². The molecule has 0 amide bonds. The first-order valence-electron chi connectivity index (χ1n) is 9.69. The Kier molecular flexibility index (Phi) is 3.43. The molecule has 0 aliphatic heterocycles. The monoisotopic (exact) mass is 346 g/mol. The third kappa shape index (κ3) is 1.87. The fourth-order valence-corrected chi connectivity index (χ4v) is 7.60. The molecule has 6 atom stereocenters. The first-order valence-corrected chi connectivity index (χ1v) is 9.69. The van der Waals surface area contributed by atoms with Gasteiger partial charge in [-0.15, -0.1) is 0 Å². The number of ketones is 1. The minimum atomic E-state index is -0.989. The summed E-state index contributed by atoms with van der Waals surface area (Å²) in [5.41, 5.74) is -1.53. The lowest BCUT2D eigenvalue weighted by atomic mass is 9.40. The smallest absolute Gasteiger partial charge is 0.311 e. The average Bonchev–Trinajstić information content (AvgIpc) is 2.71. The van der Waals surface area contributed by atoms with E-state index in [1.807, 2.05) is 0 Å². The van der Waals surface area contributed by atoms with Crippen LogP contribution < -0.4 is 0 Å². The number of esters is 1. The molecule has 0 heterocycles. The average molecular weight is 346 g/mol. The van der Waals surface area contributed by atoms with E-state index in [1.165, 1.54) is 7.11 Å². The molecule has 4 fully saturated rings. The molecule has 4 heteroatoms. The van der Waals surface area contributed by atoms with Crippen molar-refractivity contribution in [3.63, 3.8) is 0 Å². The van der Waals surface area contributed by atoms with Crippen LogP contribution in [-0.2, 0) is 14.3 Å². The van der Waals surface area contributed by atoms with Crippen molar-refractivity contribution in [3.05, 3.63) is 12.2 Å². The maximum atomic E-state index is 13.2. The molecule has 0 unspecified atom stereocenters. The molecule has 1 N–H and O–H groups in total. The molecule has 4 saturated carbocycles. The molecule has 25 heavy (non-hydrogen) atoms. The molecule has 4 nitrogen and oxygen atoms in total. The molecule has 4 rings (SSSR count). The van der Waals surface area contributed by atoms with Gasteiger partial charge in [-0.2, -0.15) is 0 Å². The SMILES string of the molecule is C=C1C(=O)[C@@]23CC[C@H]4[C@@](C)(CCC[C@@]4(C)C(=O)OC)[C@@H]2CC[C@]1(O)C3. The van der Waals surface area contributed by atoms with Gasteiger partial charge in [-0.3, -0.25) is 9.59 Å². The van der Waals surface area contributed by atoms with Gasteiger partial charge < -0.3 is 9.84 Å². The molecule has 138 valence electrons. The molecule has 0 saturated heterocycles. The second-order valence-electron chi connectivity index (χ2n) is 9.62. The number of hydrogen-bond acceptors (Lipinski definition) is 4. The van der Waals surface area contributed by atoms with Crippen LogP contribution in [0.3, 0.4) is 0 Å². The Balaban J connectivity index is 1.78. The number of ether oxygens (including phenoxy) is 1. The maximum absolute atomic E-state index is 13.2. The molecule has 0 aromatic heterocycles. The first kappa shape index (κ1) is 17.3. The highest BCUT2D eigenvalue weighted by atomic mass is 16.5. The van der Waals surface area contributed by atoms with Crippen molar-refractivity contribution in [3.8, 4) is 0 Å². The number of aliphatic hydroxyl groups is 1. The van der Waals surface area contributed by atoms with E-state index in [1.54, 1.807) is 0 Å². The summed E-state index contributed by atoms with van der Waals surface area (Å²) in [4.78, 5) is 25.8. The number of Topliss-reactive ketones (excluding diaryl/α,β-unsaturated/α-hetero) is 1. The van der Waals surface area contributed by atoms with E-state index in [2.05, 4.69) is 20.4 Å². The Morgan fingerprint density at radius 1 is 1.16 bits per heavy atom. The summed E-state index contributed by atoms with van der Waals surface area (Å²) >= 11 is 0. The van der Waals surface area contributed by atoms with Crippen molar-refractivity contribution >= 4 is 11.8 Å². The molecule has 0 aromatic carbocycles. The van der Waals surface area contributed by atoms with Gasteiger partial charge in [0.25, 0.3) is 0 Å². The molecule has 4 aliphatic rings. The summed E-state index contributed by atoms with van der Waals surface area (Å²) in [6, 6.07) is 0. The third-order valence-electron chi connectivity index (χ3n) is 8.71. The Morgan fingerprint density at radius 3 is 2.52 bits per heavy atom. The quantitative estimate of drug-likeness (QED) is 0.584. The van der Waals surface area contributed by atoms with Gasteiger partial charge >= 0.3 is 5.97 Å². The van der Waals surface area contributed by atoms with Crippen LogP contribution in [0.15, 0.2) is 12.2 Å². The molecule has 4 aliphatic carbocycles. The second kappa shape index (κ2) is 4.97. The Bertz CT molecular complexity index is 669. The standard InChI is InChI=1S/C21H30O4/c1-13-16(22)20-10-6-14-18(2,15(20)7-11-21(13,24)12-20)8-5-9-19(14,3)17(23)25-4/h14-15,24H,1,5-12H2,2-4H3/t14-,15-,18+,19+,20+,21-/m0/s1. The van der Waals surface area contributed by atoms with Crippen LogP contribution >= 0.6 is 0 Å². The van der Waals surface area contributed by atoms with E-state index < -0.39 is 16.4 Å². The second-order valence-corrected chi connectivity index (χ2v) is 9.62. The number of carbonyl (C=O) groups excluding carboxylic acids is 2. The van der Waals surface area contributed by atoms with E-state index in [0.717, 1.165) is 38.5 Å². The van der Waals surface area contributed by atoms with E-state index in [4.69, 9.17) is 4.74 Å². The highest BCUT2D eigenvalue weighted by Crippen LogP contribution is 2.71. The topological polar surface area (TPSA) is 63.6 Å². The van der Waals surface area contributed by atoms with Crippen LogP contribution in [-0.4, -0.2) is 29.6 Å². The normalized spacial score (nSPS) is 51.7. The predicted octanol–water partition coefficient (Wildman–Crippen LogP) is 3.42. The van der Waals surface area contributed by atoms with E-state index >= 15 is 0 Å². The lowest BCUT2D eigenvalue weighted by molar-refractivity contribution is -0.189. The minimum Gasteiger partial charge on any atom is -0.469 e. The van der Waals surface area contributed by atoms with Gasteiger partial charge in [0, 0.05) is 11.0 Å². The lowest BCUT2D eigenvalue weighted by Crippen LogP contribution is -2.60. The van der Waals surface area contributed by atoms with Crippen molar-refractivity contribution in [1.29, 1.82) is 0 Å². The highest BCUT2D eigenvalue weighted by molar-refractivity contribution is 6.04. The van der Waals surface area contributed by atoms with E-state index in [0.29, 0.717) is 18.4 Å². The molecule has 0 aromatic rings. The Morgan fingerprint density at radius 2 is 1.84 bits per heavy atom. The largest absolute Gasteiger partial charge is 0.469 e. The van der Waals surface area contributed by atoms with Crippen LogP contribution in [0.25, 0.3) is 0 Å².